The van der Waals surface area contributed by atoms with Gasteiger partial charge in [0, 0.05) is 11.6 Å². The number of nitro groups is 1. The van der Waals surface area contributed by atoms with E-state index in [1.54, 1.807) is 6.07 Å². The molecule has 0 radical (unpaired) electrons. The highest BCUT2D eigenvalue weighted by Gasteiger charge is 2.13. The van der Waals surface area contributed by atoms with E-state index in [2.05, 4.69) is 4.98 Å². The van der Waals surface area contributed by atoms with Crippen molar-refractivity contribution in [2.45, 2.75) is 0 Å². The van der Waals surface area contributed by atoms with Crippen LogP contribution in [0.1, 0.15) is 0 Å². The van der Waals surface area contributed by atoms with Gasteiger partial charge in [0.25, 0.3) is 0 Å². The number of aromatic nitrogens is 1. The lowest BCUT2D eigenvalue weighted by Crippen LogP contribution is -1.92. The van der Waals surface area contributed by atoms with Gasteiger partial charge >= 0.3 is 5.69 Å². The molecular formula is C11H7ClN2O2. The molecule has 0 bridgehead atoms. The summed E-state index contributed by atoms with van der Waals surface area (Å²) in [4.78, 5) is 14.0. The van der Waals surface area contributed by atoms with Crippen LogP contribution >= 0.6 is 11.6 Å². The van der Waals surface area contributed by atoms with Crippen molar-refractivity contribution >= 4 is 17.3 Å². The zero-order valence-corrected chi connectivity index (χ0v) is 8.89. The number of halogens is 1. The van der Waals surface area contributed by atoms with Gasteiger partial charge in [0.05, 0.1) is 10.6 Å². The molecule has 1 aromatic heterocycles. The summed E-state index contributed by atoms with van der Waals surface area (Å²) in [7, 11) is 0. The molecule has 4 nitrogen and oxygen atoms in total. The van der Waals surface area contributed by atoms with Crippen molar-refractivity contribution in [1.82, 2.24) is 4.98 Å². The second-order valence-electron chi connectivity index (χ2n) is 3.13. The van der Waals surface area contributed by atoms with Crippen molar-refractivity contribution in [3.05, 3.63) is 57.7 Å². The van der Waals surface area contributed by atoms with Crippen LogP contribution < -0.4 is 0 Å². The molecule has 0 aliphatic heterocycles. The normalized spacial score (nSPS) is 10.1. The molecule has 0 saturated carbocycles. The predicted octanol–water partition coefficient (Wildman–Crippen LogP) is 3.31. The van der Waals surface area contributed by atoms with Gasteiger partial charge in [0.15, 0.2) is 0 Å². The van der Waals surface area contributed by atoms with Crippen molar-refractivity contribution in [1.29, 1.82) is 0 Å². The standard InChI is InChI=1S/C11H7ClN2O2/c12-11-10(14(15)16)7-6-9(13-11)8-4-2-1-3-5-8/h1-7H. The maximum atomic E-state index is 10.6. The molecule has 1 aromatic carbocycles. The molecule has 0 N–H and O–H groups in total. The number of pyridine rings is 1. The quantitative estimate of drug-likeness (QED) is 0.455. The predicted molar refractivity (Wildman–Crippen MR) is 61.3 cm³/mol. The van der Waals surface area contributed by atoms with Crippen LogP contribution in [0.2, 0.25) is 5.15 Å². The topological polar surface area (TPSA) is 56.0 Å². The Bertz CT molecular complexity index is 529. The summed E-state index contributed by atoms with van der Waals surface area (Å²) in [6.07, 6.45) is 0. The Morgan fingerprint density at radius 3 is 2.38 bits per heavy atom. The highest BCUT2D eigenvalue weighted by Crippen LogP contribution is 2.26. The third kappa shape index (κ3) is 2.01. The first-order chi connectivity index (χ1) is 7.68. The molecule has 2 aromatic rings. The molecule has 80 valence electrons. The molecule has 0 unspecified atom stereocenters. The highest BCUT2D eigenvalue weighted by molar-refractivity contribution is 6.31. The Kier molecular flexibility index (Phi) is 2.83. The summed E-state index contributed by atoms with van der Waals surface area (Å²) in [5, 5.41) is 10.5. The van der Waals surface area contributed by atoms with Gasteiger partial charge in [-0.15, -0.1) is 0 Å². The minimum Gasteiger partial charge on any atom is -0.258 e. The van der Waals surface area contributed by atoms with E-state index in [1.165, 1.54) is 6.07 Å². The molecule has 1 heterocycles. The number of benzene rings is 1. The molecule has 0 aliphatic carbocycles. The zero-order chi connectivity index (χ0) is 11.5. The van der Waals surface area contributed by atoms with Crippen molar-refractivity contribution < 1.29 is 4.92 Å². The average Bonchev–Trinajstić information content (AvgIpc) is 2.29. The van der Waals surface area contributed by atoms with E-state index in [0.717, 1.165) is 5.56 Å². The SMILES string of the molecule is O=[N+]([O-])c1ccc(-c2ccccc2)nc1Cl. The van der Waals surface area contributed by atoms with Crippen molar-refractivity contribution in [3.63, 3.8) is 0 Å². The van der Waals surface area contributed by atoms with Crippen LogP contribution in [0, 0.1) is 10.1 Å². The molecule has 0 saturated heterocycles. The highest BCUT2D eigenvalue weighted by atomic mass is 35.5. The molecule has 2 rings (SSSR count). The molecule has 16 heavy (non-hydrogen) atoms. The third-order valence-corrected chi connectivity index (χ3v) is 2.37. The van der Waals surface area contributed by atoms with E-state index in [9.17, 15) is 10.1 Å². The fourth-order valence-electron chi connectivity index (χ4n) is 1.33. The summed E-state index contributed by atoms with van der Waals surface area (Å²) in [5.41, 5.74) is 1.32. The Labute approximate surface area is 96.7 Å². The Morgan fingerprint density at radius 1 is 1.12 bits per heavy atom. The minimum absolute atomic E-state index is 0.0913. The van der Waals surface area contributed by atoms with E-state index in [0.29, 0.717) is 5.69 Å². The number of hydrogen-bond acceptors (Lipinski definition) is 3. The summed E-state index contributed by atoms with van der Waals surface area (Å²) in [5.74, 6) is 0. The summed E-state index contributed by atoms with van der Waals surface area (Å²) < 4.78 is 0. The van der Waals surface area contributed by atoms with Gasteiger partial charge in [-0.25, -0.2) is 4.98 Å². The first-order valence-corrected chi connectivity index (χ1v) is 4.92. The van der Waals surface area contributed by atoms with Gasteiger partial charge in [-0.1, -0.05) is 41.9 Å². The molecule has 0 spiro atoms. The van der Waals surface area contributed by atoms with Crippen LogP contribution in [0.3, 0.4) is 0 Å². The molecule has 0 fully saturated rings. The number of rotatable bonds is 2. The molecule has 0 atom stereocenters. The van der Waals surface area contributed by atoms with Gasteiger partial charge in [0.1, 0.15) is 0 Å². The van der Waals surface area contributed by atoms with Crippen molar-refractivity contribution in [3.8, 4) is 11.3 Å². The zero-order valence-electron chi connectivity index (χ0n) is 8.13. The largest absolute Gasteiger partial charge is 0.306 e. The van der Waals surface area contributed by atoms with Crippen LogP contribution in [-0.2, 0) is 0 Å². The van der Waals surface area contributed by atoms with Crippen molar-refractivity contribution in [2.75, 3.05) is 0 Å². The lowest BCUT2D eigenvalue weighted by molar-refractivity contribution is -0.385. The second-order valence-corrected chi connectivity index (χ2v) is 3.49. The molecule has 0 amide bonds. The molecule has 0 aliphatic rings. The maximum Gasteiger partial charge on any atom is 0.306 e. The lowest BCUT2D eigenvalue weighted by atomic mass is 10.1. The number of nitrogens with zero attached hydrogens (tertiary/aromatic N) is 2. The van der Waals surface area contributed by atoms with Crippen molar-refractivity contribution in [2.24, 2.45) is 0 Å². The van der Waals surface area contributed by atoms with E-state index in [-0.39, 0.29) is 10.8 Å². The maximum absolute atomic E-state index is 10.6. The lowest BCUT2D eigenvalue weighted by Gasteiger charge is -2.01. The van der Waals surface area contributed by atoms with E-state index in [4.69, 9.17) is 11.6 Å². The Hall–Kier alpha value is -1.94. The van der Waals surface area contributed by atoms with Crippen LogP contribution in [0.15, 0.2) is 42.5 Å². The van der Waals surface area contributed by atoms with Gasteiger partial charge in [0.2, 0.25) is 5.15 Å². The Balaban J connectivity index is 2.46. The molecule has 5 heteroatoms. The second kappa shape index (κ2) is 4.28. The fourth-order valence-corrected chi connectivity index (χ4v) is 1.56. The third-order valence-electron chi connectivity index (χ3n) is 2.10. The van der Waals surface area contributed by atoms with E-state index in [1.807, 2.05) is 30.3 Å². The first kappa shape index (κ1) is 10.6. The van der Waals surface area contributed by atoms with E-state index < -0.39 is 4.92 Å². The van der Waals surface area contributed by atoms with Gasteiger partial charge < -0.3 is 0 Å². The number of hydrogen-bond donors (Lipinski definition) is 0. The molecular weight excluding hydrogens is 228 g/mol. The average molecular weight is 235 g/mol. The summed E-state index contributed by atoms with van der Waals surface area (Å²) in [6, 6.07) is 12.3. The first-order valence-electron chi connectivity index (χ1n) is 4.55. The minimum atomic E-state index is -0.551. The van der Waals surface area contributed by atoms with Gasteiger partial charge in [-0.2, -0.15) is 0 Å². The van der Waals surface area contributed by atoms with Gasteiger partial charge in [-0.3, -0.25) is 10.1 Å². The summed E-state index contributed by atoms with van der Waals surface area (Å²) >= 11 is 5.72. The van der Waals surface area contributed by atoms with Crippen LogP contribution in [-0.4, -0.2) is 9.91 Å². The van der Waals surface area contributed by atoms with Gasteiger partial charge in [-0.05, 0) is 6.07 Å². The van der Waals surface area contributed by atoms with Crippen LogP contribution in [0.4, 0.5) is 5.69 Å². The fraction of sp³-hybridized carbons (Fsp3) is 0. The Morgan fingerprint density at radius 2 is 1.81 bits per heavy atom. The smallest absolute Gasteiger partial charge is 0.258 e. The van der Waals surface area contributed by atoms with Crippen LogP contribution in [0.25, 0.3) is 11.3 Å². The summed E-state index contributed by atoms with van der Waals surface area (Å²) in [6.45, 7) is 0. The van der Waals surface area contributed by atoms with E-state index >= 15 is 0 Å². The monoisotopic (exact) mass is 234 g/mol. The van der Waals surface area contributed by atoms with Crippen LogP contribution in [0.5, 0.6) is 0 Å².